The van der Waals surface area contributed by atoms with Crippen molar-refractivity contribution < 1.29 is 9.53 Å². The molecule has 0 bridgehead atoms. The first kappa shape index (κ1) is 20.2. The van der Waals surface area contributed by atoms with Gasteiger partial charge in [0.15, 0.2) is 0 Å². The summed E-state index contributed by atoms with van der Waals surface area (Å²) < 4.78 is 4.83. The number of aliphatic imine (C=N–C) groups is 1. The number of nitrogens with one attached hydrogen (secondary N) is 1. The minimum absolute atomic E-state index is 0.320. The van der Waals surface area contributed by atoms with Gasteiger partial charge in [0.2, 0.25) is 0 Å². The molecule has 1 N–H and O–H groups in total. The lowest BCUT2D eigenvalue weighted by Crippen LogP contribution is -2.28. The summed E-state index contributed by atoms with van der Waals surface area (Å²) >= 11 is 0. The molecule has 2 aromatic carbocycles. The number of methoxy groups -OCH3 is 1. The van der Waals surface area contributed by atoms with Gasteiger partial charge < -0.3 is 14.6 Å². The van der Waals surface area contributed by atoms with E-state index in [1.165, 1.54) is 18.5 Å². The number of fused-ring (bicyclic) bond motifs is 2. The van der Waals surface area contributed by atoms with Crippen LogP contribution < -0.4 is 0 Å². The number of carbonyl (C=O) groups excluding carboxylic acids is 1. The molecule has 1 atom stereocenters. The summed E-state index contributed by atoms with van der Waals surface area (Å²) in [5, 5.41) is 0. The van der Waals surface area contributed by atoms with Gasteiger partial charge in [0.1, 0.15) is 5.82 Å². The molecule has 0 radical (unpaired) electrons. The number of para-hydroxylation sites is 2. The van der Waals surface area contributed by atoms with Crippen LogP contribution in [0, 0.1) is 5.92 Å². The van der Waals surface area contributed by atoms with Crippen molar-refractivity contribution in [3.05, 3.63) is 89.0 Å². The van der Waals surface area contributed by atoms with E-state index in [9.17, 15) is 4.79 Å². The number of imidazole rings is 1. The SMILES string of the molecule is COC(=O)c1ccc(CN(Cc2nc3ccccc3[nH]2)C2=C3N=CC=CC3CCC2)cc1. The third kappa shape index (κ3) is 4.08. The topological polar surface area (TPSA) is 70.6 Å². The second-order valence-corrected chi connectivity index (χ2v) is 8.24. The molecule has 0 saturated carbocycles. The van der Waals surface area contributed by atoms with Gasteiger partial charge in [0, 0.05) is 24.4 Å². The predicted molar refractivity (Wildman–Crippen MR) is 125 cm³/mol. The van der Waals surface area contributed by atoms with Crippen molar-refractivity contribution in [2.45, 2.75) is 32.4 Å². The molecule has 0 fully saturated rings. The Balaban J connectivity index is 1.48. The number of ether oxygens (including phenoxy) is 1. The van der Waals surface area contributed by atoms with E-state index in [1.54, 1.807) is 0 Å². The number of hydrogen-bond acceptors (Lipinski definition) is 5. The number of benzene rings is 2. The molecule has 0 saturated heterocycles. The van der Waals surface area contributed by atoms with E-state index >= 15 is 0 Å². The molecule has 1 aliphatic heterocycles. The zero-order valence-corrected chi connectivity index (χ0v) is 18.1. The highest BCUT2D eigenvalue weighted by Crippen LogP contribution is 2.36. The van der Waals surface area contributed by atoms with E-state index in [1.807, 2.05) is 54.8 Å². The summed E-state index contributed by atoms with van der Waals surface area (Å²) in [7, 11) is 1.40. The van der Waals surface area contributed by atoms with Gasteiger partial charge in [0.05, 0.1) is 35.9 Å². The first-order valence-corrected chi connectivity index (χ1v) is 11.0. The molecule has 0 amide bonds. The summed E-state index contributed by atoms with van der Waals surface area (Å²) in [6.07, 6.45) is 9.47. The van der Waals surface area contributed by atoms with Gasteiger partial charge in [-0.25, -0.2) is 9.78 Å². The molecule has 5 rings (SSSR count). The molecular formula is C26H26N4O2. The van der Waals surface area contributed by atoms with Crippen LogP contribution in [0.2, 0.25) is 0 Å². The standard InChI is InChI=1S/C26H26N4O2/c1-32-26(31)20-13-11-18(12-14-20)16-30(17-24-28-21-8-2-3-9-22(21)29-24)23-10-4-6-19-7-5-15-27-25(19)23/h2-3,5,7-9,11-15,19H,4,6,10,16-17H2,1H3,(H,28,29). The van der Waals surface area contributed by atoms with Gasteiger partial charge in [-0.2, -0.15) is 0 Å². The lowest BCUT2D eigenvalue weighted by Gasteiger charge is -2.34. The number of carbonyl (C=O) groups is 1. The number of esters is 1. The molecule has 3 aromatic rings. The first-order chi connectivity index (χ1) is 15.7. The molecule has 6 heteroatoms. The number of aromatic nitrogens is 2. The molecule has 1 unspecified atom stereocenters. The first-order valence-electron chi connectivity index (χ1n) is 11.0. The van der Waals surface area contributed by atoms with E-state index in [0.717, 1.165) is 41.7 Å². The predicted octanol–water partition coefficient (Wildman–Crippen LogP) is 5.00. The highest BCUT2D eigenvalue weighted by molar-refractivity contribution is 5.89. The fourth-order valence-corrected chi connectivity index (χ4v) is 4.55. The lowest BCUT2D eigenvalue weighted by molar-refractivity contribution is 0.0600. The number of nitrogens with zero attached hydrogens (tertiary/aromatic N) is 3. The van der Waals surface area contributed by atoms with E-state index in [0.29, 0.717) is 24.6 Å². The van der Waals surface area contributed by atoms with Gasteiger partial charge in [-0.15, -0.1) is 0 Å². The maximum Gasteiger partial charge on any atom is 0.337 e. The van der Waals surface area contributed by atoms with Crippen molar-refractivity contribution in [3.8, 4) is 0 Å². The van der Waals surface area contributed by atoms with E-state index in [4.69, 9.17) is 14.7 Å². The summed E-state index contributed by atoms with van der Waals surface area (Å²) in [5.41, 5.74) is 6.15. The van der Waals surface area contributed by atoms with Crippen LogP contribution in [-0.2, 0) is 17.8 Å². The third-order valence-electron chi connectivity index (χ3n) is 6.13. The van der Waals surface area contributed by atoms with Gasteiger partial charge >= 0.3 is 5.97 Å². The second kappa shape index (κ2) is 8.83. The summed E-state index contributed by atoms with van der Waals surface area (Å²) in [6.45, 7) is 1.38. The van der Waals surface area contributed by atoms with Crippen LogP contribution in [0.1, 0.15) is 41.0 Å². The molecule has 162 valence electrons. The zero-order chi connectivity index (χ0) is 21.9. The Kier molecular flexibility index (Phi) is 5.58. The van der Waals surface area contributed by atoms with Crippen molar-refractivity contribution in [1.29, 1.82) is 0 Å². The van der Waals surface area contributed by atoms with Crippen LogP contribution in [0.25, 0.3) is 11.0 Å². The molecule has 6 nitrogen and oxygen atoms in total. The number of dihydropyridines is 1. The third-order valence-corrected chi connectivity index (χ3v) is 6.13. The molecule has 2 heterocycles. The van der Waals surface area contributed by atoms with Crippen LogP contribution in [0.15, 0.2) is 77.1 Å². The molecule has 2 aliphatic rings. The van der Waals surface area contributed by atoms with Crippen LogP contribution in [0.5, 0.6) is 0 Å². The van der Waals surface area contributed by atoms with Crippen molar-refractivity contribution in [3.63, 3.8) is 0 Å². The summed E-state index contributed by atoms with van der Waals surface area (Å²) in [4.78, 5) is 27.2. The number of H-pyrrole nitrogens is 1. The Morgan fingerprint density at radius 2 is 2.00 bits per heavy atom. The van der Waals surface area contributed by atoms with Crippen molar-refractivity contribution >= 4 is 23.2 Å². The van der Waals surface area contributed by atoms with Crippen molar-refractivity contribution in [1.82, 2.24) is 14.9 Å². The number of aromatic amines is 1. The Morgan fingerprint density at radius 1 is 1.16 bits per heavy atom. The fraction of sp³-hybridized carbons (Fsp3) is 0.269. The van der Waals surface area contributed by atoms with Crippen LogP contribution in [-0.4, -0.2) is 34.2 Å². The molecule has 1 aromatic heterocycles. The minimum Gasteiger partial charge on any atom is -0.465 e. The normalized spacial score (nSPS) is 17.5. The number of hydrogen-bond donors (Lipinski definition) is 1. The van der Waals surface area contributed by atoms with Gasteiger partial charge in [-0.05, 0) is 55.2 Å². The average Bonchev–Trinajstić information content (AvgIpc) is 3.26. The smallest absolute Gasteiger partial charge is 0.337 e. The van der Waals surface area contributed by atoms with E-state index in [-0.39, 0.29) is 5.97 Å². The quantitative estimate of drug-likeness (QED) is 0.563. The molecule has 32 heavy (non-hydrogen) atoms. The highest BCUT2D eigenvalue weighted by Gasteiger charge is 2.26. The molecule has 1 aliphatic carbocycles. The minimum atomic E-state index is -0.320. The lowest BCUT2D eigenvalue weighted by atomic mass is 9.88. The maximum atomic E-state index is 11.8. The van der Waals surface area contributed by atoms with Crippen LogP contribution in [0.3, 0.4) is 0 Å². The molecule has 0 spiro atoms. The largest absolute Gasteiger partial charge is 0.465 e. The van der Waals surface area contributed by atoms with Crippen LogP contribution in [0.4, 0.5) is 0 Å². The monoisotopic (exact) mass is 426 g/mol. The average molecular weight is 427 g/mol. The summed E-state index contributed by atoms with van der Waals surface area (Å²) in [5.74, 6) is 0.991. The fourth-order valence-electron chi connectivity index (χ4n) is 4.55. The Morgan fingerprint density at radius 3 is 2.81 bits per heavy atom. The van der Waals surface area contributed by atoms with Crippen molar-refractivity contribution in [2.75, 3.05) is 7.11 Å². The zero-order valence-electron chi connectivity index (χ0n) is 18.1. The van der Waals surface area contributed by atoms with E-state index < -0.39 is 0 Å². The maximum absolute atomic E-state index is 11.8. The van der Waals surface area contributed by atoms with Crippen LogP contribution >= 0.6 is 0 Å². The number of allylic oxidation sites excluding steroid dienone is 3. The Hall–Kier alpha value is -3.67. The molecular weight excluding hydrogens is 400 g/mol. The van der Waals surface area contributed by atoms with Gasteiger partial charge in [0.25, 0.3) is 0 Å². The van der Waals surface area contributed by atoms with Crippen molar-refractivity contribution in [2.24, 2.45) is 10.9 Å². The highest BCUT2D eigenvalue weighted by atomic mass is 16.5. The van der Waals surface area contributed by atoms with Gasteiger partial charge in [-0.3, -0.25) is 4.99 Å². The Bertz CT molecular complexity index is 1190. The second-order valence-electron chi connectivity index (χ2n) is 8.24. The number of rotatable bonds is 6. The Labute approximate surface area is 187 Å². The van der Waals surface area contributed by atoms with Gasteiger partial charge in [-0.1, -0.05) is 30.3 Å². The summed E-state index contributed by atoms with van der Waals surface area (Å²) in [6, 6.07) is 15.7. The van der Waals surface area contributed by atoms with E-state index in [2.05, 4.69) is 22.0 Å².